The number of urea groups is 1. The molecule has 1 aromatic heterocycles. The lowest BCUT2D eigenvalue weighted by atomic mass is 9.90. The van der Waals surface area contributed by atoms with Crippen LogP contribution in [0.3, 0.4) is 0 Å². The van der Waals surface area contributed by atoms with Gasteiger partial charge in [0.25, 0.3) is 0 Å². The average molecular weight is 342 g/mol. The highest BCUT2D eigenvalue weighted by atomic mass is 19.1. The van der Waals surface area contributed by atoms with Gasteiger partial charge in [-0.05, 0) is 42.9 Å². The molecular formula is C19H23FN4O. The van der Waals surface area contributed by atoms with Crippen molar-refractivity contribution in [1.29, 1.82) is 0 Å². The fourth-order valence-corrected chi connectivity index (χ4v) is 3.14. The number of nitrogens with zero attached hydrogens (tertiary/aromatic N) is 3. The van der Waals surface area contributed by atoms with Gasteiger partial charge in [-0.25, -0.2) is 19.2 Å². The number of amides is 2. The number of carbonyl (C=O) groups is 1. The lowest BCUT2D eigenvalue weighted by Crippen LogP contribution is -2.41. The number of benzene rings is 1. The molecular weight excluding hydrogens is 319 g/mol. The highest BCUT2D eigenvalue weighted by Crippen LogP contribution is 2.22. The molecule has 0 radical (unpaired) electrons. The number of hydrogen-bond donors (Lipinski definition) is 1. The Morgan fingerprint density at radius 1 is 1.28 bits per heavy atom. The summed E-state index contributed by atoms with van der Waals surface area (Å²) < 4.78 is 13.3. The summed E-state index contributed by atoms with van der Waals surface area (Å²) >= 11 is 0. The summed E-state index contributed by atoms with van der Waals surface area (Å²) in [5.74, 6) is 1.06. The molecule has 3 rings (SSSR count). The lowest BCUT2D eigenvalue weighted by molar-refractivity contribution is 0.182. The van der Waals surface area contributed by atoms with Crippen molar-refractivity contribution in [1.82, 2.24) is 14.9 Å². The molecule has 5 nitrogen and oxygen atoms in total. The van der Waals surface area contributed by atoms with E-state index in [1.54, 1.807) is 24.5 Å². The number of carbonyl (C=O) groups excluding carboxylic acids is 1. The highest BCUT2D eigenvalue weighted by Gasteiger charge is 2.23. The van der Waals surface area contributed by atoms with Crippen molar-refractivity contribution < 1.29 is 9.18 Å². The van der Waals surface area contributed by atoms with Gasteiger partial charge in [-0.1, -0.05) is 19.1 Å². The molecule has 1 aliphatic heterocycles. The van der Waals surface area contributed by atoms with Crippen LogP contribution in [0.25, 0.3) is 0 Å². The zero-order valence-corrected chi connectivity index (χ0v) is 14.4. The van der Waals surface area contributed by atoms with Gasteiger partial charge in [0, 0.05) is 19.5 Å². The van der Waals surface area contributed by atoms with Crippen molar-refractivity contribution in [2.24, 2.45) is 5.92 Å². The van der Waals surface area contributed by atoms with Crippen molar-refractivity contribution in [3.8, 4) is 0 Å². The van der Waals surface area contributed by atoms with Crippen molar-refractivity contribution in [3.05, 3.63) is 53.9 Å². The molecule has 1 N–H and O–H groups in total. The van der Waals surface area contributed by atoms with E-state index >= 15 is 0 Å². The first-order valence-electron chi connectivity index (χ1n) is 8.75. The van der Waals surface area contributed by atoms with Crippen LogP contribution in [0.2, 0.25) is 0 Å². The van der Waals surface area contributed by atoms with Crippen molar-refractivity contribution in [3.63, 3.8) is 0 Å². The van der Waals surface area contributed by atoms with E-state index in [0.29, 0.717) is 24.7 Å². The van der Waals surface area contributed by atoms with E-state index in [4.69, 9.17) is 0 Å². The molecule has 2 heterocycles. The molecule has 1 aromatic carbocycles. The molecule has 0 unspecified atom stereocenters. The third-order valence-corrected chi connectivity index (χ3v) is 4.59. The summed E-state index contributed by atoms with van der Waals surface area (Å²) in [5.41, 5.74) is 1.64. The molecule has 2 amide bonds. The molecule has 0 spiro atoms. The first kappa shape index (κ1) is 17.3. The Kier molecular flexibility index (Phi) is 5.58. The topological polar surface area (TPSA) is 58.1 Å². The number of piperidine rings is 1. The Labute approximate surface area is 147 Å². The van der Waals surface area contributed by atoms with E-state index in [1.165, 1.54) is 6.07 Å². The Bertz CT molecular complexity index is 712. The van der Waals surface area contributed by atoms with Crippen LogP contribution in [-0.2, 0) is 12.8 Å². The zero-order chi connectivity index (χ0) is 17.6. The third kappa shape index (κ3) is 4.75. The number of hydrogen-bond acceptors (Lipinski definition) is 3. The van der Waals surface area contributed by atoms with E-state index in [0.717, 1.165) is 37.1 Å². The maximum atomic E-state index is 13.3. The first-order chi connectivity index (χ1) is 12.1. The third-order valence-electron chi connectivity index (χ3n) is 4.59. The molecule has 6 heteroatoms. The first-order valence-corrected chi connectivity index (χ1v) is 8.75. The summed E-state index contributed by atoms with van der Waals surface area (Å²) in [5, 5.41) is 2.85. The number of anilines is 1. The largest absolute Gasteiger partial charge is 0.325 e. The second-order valence-electron chi connectivity index (χ2n) is 6.44. The zero-order valence-electron chi connectivity index (χ0n) is 14.4. The number of nitrogens with one attached hydrogen (secondary N) is 1. The summed E-state index contributed by atoms with van der Waals surface area (Å²) in [7, 11) is 0. The molecule has 1 aliphatic rings. The van der Waals surface area contributed by atoms with Crippen molar-refractivity contribution in [2.45, 2.75) is 32.6 Å². The fraction of sp³-hybridized carbons (Fsp3) is 0.421. The molecule has 1 fully saturated rings. The van der Waals surface area contributed by atoms with Crippen LogP contribution < -0.4 is 5.32 Å². The van der Waals surface area contributed by atoms with Gasteiger partial charge in [0.15, 0.2) is 0 Å². The lowest BCUT2D eigenvalue weighted by Gasteiger charge is -2.32. The number of rotatable bonds is 4. The van der Waals surface area contributed by atoms with E-state index in [-0.39, 0.29) is 11.8 Å². The number of likely N-dealkylation sites (tertiary alicyclic amines) is 1. The van der Waals surface area contributed by atoms with Gasteiger partial charge >= 0.3 is 6.03 Å². The van der Waals surface area contributed by atoms with Gasteiger partial charge in [0.2, 0.25) is 0 Å². The van der Waals surface area contributed by atoms with E-state index < -0.39 is 0 Å². The smallest absolute Gasteiger partial charge is 0.321 e. The van der Waals surface area contributed by atoms with E-state index in [2.05, 4.69) is 15.3 Å². The maximum Gasteiger partial charge on any atom is 0.321 e. The fourth-order valence-electron chi connectivity index (χ4n) is 3.14. The summed E-state index contributed by atoms with van der Waals surface area (Å²) in [6.07, 6.45) is 6.76. The monoisotopic (exact) mass is 342 g/mol. The molecule has 0 bridgehead atoms. The quantitative estimate of drug-likeness (QED) is 0.922. The van der Waals surface area contributed by atoms with Crippen LogP contribution in [0.4, 0.5) is 14.9 Å². The molecule has 0 aliphatic carbocycles. The molecule has 132 valence electrons. The predicted molar refractivity (Wildman–Crippen MR) is 94.8 cm³/mol. The highest BCUT2D eigenvalue weighted by molar-refractivity contribution is 5.88. The second-order valence-corrected chi connectivity index (χ2v) is 6.44. The second kappa shape index (κ2) is 8.05. The summed E-state index contributed by atoms with van der Waals surface area (Å²) in [6, 6.07) is 6.66. The number of aryl methyl sites for hydroxylation is 1. The predicted octanol–water partition coefficient (Wildman–Crippen LogP) is 3.66. The van der Waals surface area contributed by atoms with Gasteiger partial charge in [-0.2, -0.15) is 0 Å². The van der Waals surface area contributed by atoms with Crippen molar-refractivity contribution in [2.75, 3.05) is 18.4 Å². The Morgan fingerprint density at radius 2 is 2.00 bits per heavy atom. The van der Waals surface area contributed by atoms with Gasteiger partial charge in [-0.15, -0.1) is 0 Å². The molecule has 1 saturated heterocycles. The Morgan fingerprint density at radius 3 is 2.64 bits per heavy atom. The van der Waals surface area contributed by atoms with Gasteiger partial charge in [-0.3, -0.25) is 0 Å². The number of halogens is 1. The van der Waals surface area contributed by atoms with Crippen LogP contribution in [0.5, 0.6) is 0 Å². The SMILES string of the molecule is CCc1ncc(NC(=O)N2CCC(Cc3cccc(F)c3)CC2)cn1. The van der Waals surface area contributed by atoms with Crippen LogP contribution in [0.1, 0.15) is 31.2 Å². The normalized spacial score (nSPS) is 15.2. The van der Waals surface area contributed by atoms with Crippen LogP contribution in [-0.4, -0.2) is 34.0 Å². The van der Waals surface area contributed by atoms with E-state index in [9.17, 15) is 9.18 Å². The number of aromatic nitrogens is 2. The molecule has 0 saturated carbocycles. The molecule has 0 atom stereocenters. The molecule has 2 aromatic rings. The van der Waals surface area contributed by atoms with Crippen LogP contribution in [0, 0.1) is 11.7 Å². The minimum absolute atomic E-state index is 0.114. The van der Waals surface area contributed by atoms with Gasteiger partial charge in [0.1, 0.15) is 11.6 Å². The van der Waals surface area contributed by atoms with Gasteiger partial charge < -0.3 is 10.2 Å². The van der Waals surface area contributed by atoms with Crippen LogP contribution in [0.15, 0.2) is 36.7 Å². The van der Waals surface area contributed by atoms with Crippen LogP contribution >= 0.6 is 0 Å². The van der Waals surface area contributed by atoms with Crippen molar-refractivity contribution >= 4 is 11.7 Å². The van der Waals surface area contributed by atoms with E-state index in [1.807, 2.05) is 17.9 Å². The minimum Gasteiger partial charge on any atom is -0.325 e. The summed E-state index contributed by atoms with van der Waals surface area (Å²) in [4.78, 5) is 22.5. The summed E-state index contributed by atoms with van der Waals surface area (Å²) in [6.45, 7) is 3.40. The maximum absolute atomic E-state index is 13.3. The molecule has 25 heavy (non-hydrogen) atoms. The average Bonchev–Trinajstić information content (AvgIpc) is 2.63. The Balaban J connectivity index is 1.48. The van der Waals surface area contributed by atoms with Gasteiger partial charge in [0.05, 0.1) is 18.1 Å². The Hall–Kier alpha value is -2.50. The standard InChI is InChI=1S/C19H23FN4O/c1-2-18-21-12-17(13-22-18)23-19(25)24-8-6-14(7-9-24)10-15-4-3-5-16(20)11-15/h3-5,11-14H,2,6-10H2,1H3,(H,23,25). The minimum atomic E-state index is -0.189.